The van der Waals surface area contributed by atoms with Crippen LogP contribution in [0, 0.1) is 23.7 Å². The van der Waals surface area contributed by atoms with Gasteiger partial charge in [-0.15, -0.1) is 0 Å². The molecule has 1 fully saturated rings. The van der Waals surface area contributed by atoms with Crippen molar-refractivity contribution >= 4 is 11.9 Å². The summed E-state index contributed by atoms with van der Waals surface area (Å²) in [5, 5.41) is 12.3. The molecule has 112 valence electrons. The van der Waals surface area contributed by atoms with E-state index in [0.717, 1.165) is 19.3 Å². The molecule has 0 heterocycles. The minimum Gasteiger partial charge on any atom is -0.481 e. The van der Waals surface area contributed by atoms with E-state index in [1.165, 1.54) is 0 Å². The average molecular weight is 279 g/mol. The zero-order chi connectivity index (χ0) is 14.7. The molecule has 4 heteroatoms. The first-order valence-corrected chi connectivity index (χ1v) is 7.72. The summed E-state index contributed by atoms with van der Waals surface area (Å²) in [6, 6.07) is 0.216. The highest BCUT2D eigenvalue weighted by atomic mass is 16.4. The minimum atomic E-state index is -0.861. The van der Waals surface area contributed by atoms with Crippen LogP contribution in [-0.4, -0.2) is 23.0 Å². The maximum Gasteiger partial charge on any atom is 0.307 e. The third kappa shape index (κ3) is 3.05. The molecule has 0 aromatic heterocycles. The van der Waals surface area contributed by atoms with Crippen LogP contribution in [0.3, 0.4) is 0 Å². The summed E-state index contributed by atoms with van der Waals surface area (Å²) in [5.41, 5.74) is 0. The SMILES string of the molecule is CCC1CCC(NC(=O)C2CC=CCC2C(=O)O)C1C. The van der Waals surface area contributed by atoms with Crippen LogP contribution in [-0.2, 0) is 9.59 Å². The fraction of sp³-hybridized carbons (Fsp3) is 0.750. The summed E-state index contributed by atoms with van der Waals surface area (Å²) < 4.78 is 0. The molecule has 0 bridgehead atoms. The Morgan fingerprint density at radius 3 is 2.40 bits per heavy atom. The second kappa shape index (κ2) is 6.42. The first kappa shape index (κ1) is 15.1. The number of amides is 1. The number of aliphatic carboxylic acids is 1. The molecule has 0 radical (unpaired) electrons. The second-order valence-corrected chi connectivity index (χ2v) is 6.21. The van der Waals surface area contributed by atoms with E-state index in [4.69, 9.17) is 0 Å². The number of nitrogens with one attached hydrogen (secondary N) is 1. The number of allylic oxidation sites excluding steroid dienone is 2. The van der Waals surface area contributed by atoms with Gasteiger partial charge in [0.1, 0.15) is 0 Å². The predicted octanol–water partition coefficient (Wildman–Crippen LogP) is 2.59. The van der Waals surface area contributed by atoms with Crippen LogP contribution in [0.15, 0.2) is 12.2 Å². The molecular formula is C16H25NO3. The summed E-state index contributed by atoms with van der Waals surface area (Å²) in [6.45, 7) is 4.39. The molecule has 0 aromatic rings. The van der Waals surface area contributed by atoms with Gasteiger partial charge in [0, 0.05) is 6.04 Å². The first-order valence-electron chi connectivity index (χ1n) is 7.72. The van der Waals surface area contributed by atoms with Gasteiger partial charge < -0.3 is 10.4 Å². The Morgan fingerprint density at radius 2 is 1.85 bits per heavy atom. The van der Waals surface area contributed by atoms with Gasteiger partial charge in [0.15, 0.2) is 0 Å². The molecule has 2 aliphatic carbocycles. The maximum absolute atomic E-state index is 12.4. The number of carboxylic acid groups (broad SMARTS) is 1. The number of rotatable bonds is 4. The van der Waals surface area contributed by atoms with Gasteiger partial charge in [-0.3, -0.25) is 9.59 Å². The second-order valence-electron chi connectivity index (χ2n) is 6.21. The molecule has 5 unspecified atom stereocenters. The topological polar surface area (TPSA) is 66.4 Å². The van der Waals surface area contributed by atoms with E-state index in [1.54, 1.807) is 0 Å². The number of carbonyl (C=O) groups is 2. The molecule has 0 aliphatic heterocycles. The molecule has 0 aromatic carbocycles. The number of hydrogen-bond acceptors (Lipinski definition) is 2. The van der Waals surface area contributed by atoms with Crippen LogP contribution in [0.5, 0.6) is 0 Å². The van der Waals surface area contributed by atoms with Crippen molar-refractivity contribution in [2.45, 2.75) is 52.0 Å². The van der Waals surface area contributed by atoms with Crippen molar-refractivity contribution in [2.75, 3.05) is 0 Å². The highest BCUT2D eigenvalue weighted by molar-refractivity contribution is 5.85. The van der Waals surface area contributed by atoms with Crippen LogP contribution in [0.2, 0.25) is 0 Å². The van der Waals surface area contributed by atoms with Crippen molar-refractivity contribution in [3.05, 3.63) is 12.2 Å². The lowest BCUT2D eigenvalue weighted by Crippen LogP contribution is -2.44. The van der Waals surface area contributed by atoms with E-state index < -0.39 is 17.8 Å². The van der Waals surface area contributed by atoms with Gasteiger partial charge in [-0.05, 0) is 37.5 Å². The van der Waals surface area contributed by atoms with Crippen LogP contribution >= 0.6 is 0 Å². The van der Waals surface area contributed by atoms with E-state index in [2.05, 4.69) is 19.2 Å². The van der Waals surface area contributed by atoms with Crippen molar-refractivity contribution in [1.29, 1.82) is 0 Å². The fourth-order valence-corrected chi connectivity index (χ4v) is 3.69. The summed E-state index contributed by atoms with van der Waals surface area (Å²) >= 11 is 0. The summed E-state index contributed by atoms with van der Waals surface area (Å²) in [5.74, 6) is -0.743. The Hall–Kier alpha value is -1.32. The Bertz CT molecular complexity index is 405. The van der Waals surface area contributed by atoms with Crippen molar-refractivity contribution in [2.24, 2.45) is 23.7 Å². The van der Waals surface area contributed by atoms with Gasteiger partial charge in [-0.1, -0.05) is 32.4 Å². The number of hydrogen-bond donors (Lipinski definition) is 2. The molecule has 0 spiro atoms. The van der Waals surface area contributed by atoms with E-state index in [-0.39, 0.29) is 11.9 Å². The average Bonchev–Trinajstić information content (AvgIpc) is 2.79. The third-order valence-electron chi connectivity index (χ3n) is 5.17. The van der Waals surface area contributed by atoms with Gasteiger partial charge in [0.05, 0.1) is 11.8 Å². The minimum absolute atomic E-state index is 0.0737. The molecule has 4 nitrogen and oxygen atoms in total. The molecule has 5 atom stereocenters. The molecule has 2 rings (SSSR count). The molecule has 1 saturated carbocycles. The fourth-order valence-electron chi connectivity index (χ4n) is 3.69. The van der Waals surface area contributed by atoms with Gasteiger partial charge in [0.2, 0.25) is 5.91 Å². The van der Waals surface area contributed by atoms with Crippen LogP contribution < -0.4 is 5.32 Å². The zero-order valence-electron chi connectivity index (χ0n) is 12.3. The molecule has 0 saturated heterocycles. The third-order valence-corrected chi connectivity index (χ3v) is 5.17. The van der Waals surface area contributed by atoms with E-state index in [1.807, 2.05) is 12.2 Å². The summed E-state index contributed by atoms with van der Waals surface area (Å²) in [7, 11) is 0. The van der Waals surface area contributed by atoms with Gasteiger partial charge in [-0.25, -0.2) is 0 Å². The lowest BCUT2D eigenvalue weighted by atomic mass is 9.82. The lowest BCUT2D eigenvalue weighted by molar-refractivity contribution is -0.147. The lowest BCUT2D eigenvalue weighted by Gasteiger charge is -2.28. The Kier molecular flexibility index (Phi) is 4.84. The Labute approximate surface area is 120 Å². The Balaban J connectivity index is 1.97. The van der Waals surface area contributed by atoms with Crippen molar-refractivity contribution in [3.63, 3.8) is 0 Å². The summed E-state index contributed by atoms with van der Waals surface area (Å²) in [4.78, 5) is 23.7. The molecule has 20 heavy (non-hydrogen) atoms. The van der Waals surface area contributed by atoms with E-state index in [9.17, 15) is 14.7 Å². The highest BCUT2D eigenvalue weighted by Gasteiger charge is 2.37. The molecular weight excluding hydrogens is 254 g/mol. The maximum atomic E-state index is 12.4. The van der Waals surface area contributed by atoms with Crippen LogP contribution in [0.25, 0.3) is 0 Å². The highest BCUT2D eigenvalue weighted by Crippen LogP contribution is 2.34. The van der Waals surface area contributed by atoms with Crippen LogP contribution in [0.1, 0.15) is 46.0 Å². The van der Waals surface area contributed by atoms with Gasteiger partial charge in [-0.2, -0.15) is 0 Å². The molecule has 1 amide bonds. The molecule has 2 aliphatic rings. The smallest absolute Gasteiger partial charge is 0.307 e. The normalized spacial score (nSPS) is 36.8. The van der Waals surface area contributed by atoms with E-state index in [0.29, 0.717) is 24.7 Å². The van der Waals surface area contributed by atoms with Crippen molar-refractivity contribution in [3.8, 4) is 0 Å². The quantitative estimate of drug-likeness (QED) is 0.777. The van der Waals surface area contributed by atoms with Gasteiger partial charge >= 0.3 is 5.97 Å². The van der Waals surface area contributed by atoms with Crippen LogP contribution in [0.4, 0.5) is 0 Å². The van der Waals surface area contributed by atoms with Crippen molar-refractivity contribution < 1.29 is 14.7 Å². The Morgan fingerprint density at radius 1 is 1.20 bits per heavy atom. The van der Waals surface area contributed by atoms with Gasteiger partial charge in [0.25, 0.3) is 0 Å². The zero-order valence-corrected chi connectivity index (χ0v) is 12.3. The molecule has 2 N–H and O–H groups in total. The first-order chi connectivity index (χ1) is 9.54. The van der Waals surface area contributed by atoms with Crippen molar-refractivity contribution in [1.82, 2.24) is 5.32 Å². The largest absolute Gasteiger partial charge is 0.481 e. The van der Waals surface area contributed by atoms with E-state index >= 15 is 0 Å². The monoisotopic (exact) mass is 279 g/mol. The number of carbonyl (C=O) groups excluding carboxylic acids is 1. The summed E-state index contributed by atoms with van der Waals surface area (Å²) in [6.07, 6.45) is 8.13. The number of carboxylic acids is 1. The predicted molar refractivity (Wildman–Crippen MR) is 77.1 cm³/mol. The standard InChI is InChI=1S/C16H25NO3/c1-3-11-8-9-14(10(11)2)17-15(18)12-6-4-5-7-13(12)16(19)20/h4-5,10-14H,3,6-9H2,1-2H3,(H,17,18)(H,19,20).